The predicted molar refractivity (Wildman–Crippen MR) is 70.3 cm³/mol. The van der Waals surface area contributed by atoms with Gasteiger partial charge < -0.3 is 15.8 Å². The highest BCUT2D eigenvalue weighted by molar-refractivity contribution is 5.84. The van der Waals surface area contributed by atoms with Crippen LogP contribution in [0, 0.1) is 5.92 Å². The molecule has 3 N–H and O–H groups in total. The Balaban J connectivity index is 1.65. The third-order valence-electron chi connectivity index (χ3n) is 3.33. The van der Waals surface area contributed by atoms with Gasteiger partial charge in [0, 0.05) is 12.0 Å². The van der Waals surface area contributed by atoms with Crippen molar-refractivity contribution in [1.82, 2.24) is 5.32 Å². The average molecular weight is 262 g/mol. The van der Waals surface area contributed by atoms with E-state index in [2.05, 4.69) is 5.32 Å². The van der Waals surface area contributed by atoms with Crippen molar-refractivity contribution in [2.75, 3.05) is 6.54 Å². The van der Waals surface area contributed by atoms with Gasteiger partial charge in [0.1, 0.15) is 12.4 Å². The van der Waals surface area contributed by atoms with Gasteiger partial charge in [0.2, 0.25) is 0 Å². The van der Waals surface area contributed by atoms with Gasteiger partial charge in [0.15, 0.2) is 0 Å². The molecule has 0 unspecified atom stereocenters. The summed E-state index contributed by atoms with van der Waals surface area (Å²) >= 11 is 0. The summed E-state index contributed by atoms with van der Waals surface area (Å²) < 4.78 is 5.10. The Bertz CT molecular complexity index is 441. The summed E-state index contributed by atoms with van der Waals surface area (Å²) in [6.45, 7) is 0.334. The van der Waals surface area contributed by atoms with Gasteiger partial charge in [0.05, 0.1) is 6.54 Å². The van der Waals surface area contributed by atoms with E-state index in [0.717, 1.165) is 5.56 Å². The molecule has 1 aromatic carbocycles. The van der Waals surface area contributed by atoms with E-state index in [4.69, 9.17) is 10.5 Å². The molecule has 102 valence electrons. The summed E-state index contributed by atoms with van der Waals surface area (Å²) in [6, 6.07) is 9.52. The third kappa shape index (κ3) is 3.79. The second-order valence-electron chi connectivity index (χ2n) is 4.74. The summed E-state index contributed by atoms with van der Waals surface area (Å²) in [4.78, 5) is 22.8. The summed E-state index contributed by atoms with van der Waals surface area (Å²) in [5, 5.41) is 2.74. The van der Waals surface area contributed by atoms with Gasteiger partial charge in [0.25, 0.3) is 0 Å². The molecule has 0 bridgehead atoms. The lowest BCUT2D eigenvalue weighted by molar-refractivity contribution is -0.124. The Kier molecular flexibility index (Phi) is 4.52. The largest absolute Gasteiger partial charge is 0.445 e. The summed E-state index contributed by atoms with van der Waals surface area (Å²) in [5.74, 6) is 0.0696. The van der Waals surface area contributed by atoms with Gasteiger partial charge in [-0.1, -0.05) is 30.3 Å². The fraction of sp³-hybridized carbons (Fsp3) is 0.429. The minimum atomic E-state index is -0.437. The number of alkyl carbamates (subject to hydrolysis) is 1. The van der Waals surface area contributed by atoms with E-state index in [0.29, 0.717) is 12.8 Å². The highest BCUT2D eigenvalue weighted by Gasteiger charge is 2.34. The van der Waals surface area contributed by atoms with Gasteiger partial charge in [-0.3, -0.25) is 4.79 Å². The molecule has 0 heterocycles. The number of nitrogens with one attached hydrogen (secondary N) is 1. The number of Topliss-reactive ketones (excluding diaryl/α,β-unsaturated/α-hetero) is 1. The van der Waals surface area contributed by atoms with Gasteiger partial charge in [-0.2, -0.15) is 0 Å². The third-order valence-corrected chi connectivity index (χ3v) is 3.33. The molecule has 0 aromatic heterocycles. The zero-order valence-electron chi connectivity index (χ0n) is 10.7. The molecule has 19 heavy (non-hydrogen) atoms. The fourth-order valence-corrected chi connectivity index (χ4v) is 2.10. The normalized spacial score (nSPS) is 21.3. The Morgan fingerprint density at radius 3 is 2.58 bits per heavy atom. The van der Waals surface area contributed by atoms with Crippen LogP contribution in [-0.2, 0) is 16.1 Å². The standard InChI is InChI=1S/C14H18N2O3/c15-8-13(17)11-6-12(7-11)16-14(18)19-9-10-4-2-1-3-5-10/h1-5,11-12H,6-9,15H2,(H,16,18). The molecule has 1 amide bonds. The highest BCUT2D eigenvalue weighted by atomic mass is 16.5. The number of rotatable bonds is 5. The van der Waals surface area contributed by atoms with Gasteiger partial charge in [-0.05, 0) is 18.4 Å². The Morgan fingerprint density at radius 1 is 1.26 bits per heavy atom. The Labute approximate surface area is 112 Å². The molecule has 1 saturated carbocycles. The van der Waals surface area contributed by atoms with E-state index >= 15 is 0 Å². The van der Waals surface area contributed by atoms with Crippen molar-refractivity contribution in [2.24, 2.45) is 11.7 Å². The molecular weight excluding hydrogens is 244 g/mol. The van der Waals surface area contributed by atoms with Crippen LogP contribution in [-0.4, -0.2) is 24.5 Å². The number of carbonyl (C=O) groups is 2. The van der Waals surface area contributed by atoms with Crippen molar-refractivity contribution < 1.29 is 14.3 Å². The molecule has 5 heteroatoms. The van der Waals surface area contributed by atoms with Crippen LogP contribution < -0.4 is 11.1 Å². The zero-order chi connectivity index (χ0) is 13.7. The Morgan fingerprint density at radius 2 is 1.95 bits per heavy atom. The molecule has 0 spiro atoms. The first-order chi connectivity index (χ1) is 9.19. The van der Waals surface area contributed by atoms with Crippen LogP contribution in [0.15, 0.2) is 30.3 Å². The molecule has 1 aliphatic rings. The number of ketones is 1. The van der Waals surface area contributed by atoms with Crippen LogP contribution in [0.25, 0.3) is 0 Å². The maximum Gasteiger partial charge on any atom is 0.407 e. The minimum Gasteiger partial charge on any atom is -0.445 e. The lowest BCUT2D eigenvalue weighted by atomic mass is 9.77. The number of ether oxygens (including phenoxy) is 1. The molecule has 5 nitrogen and oxygen atoms in total. The molecule has 1 fully saturated rings. The van der Waals surface area contributed by atoms with Crippen molar-refractivity contribution in [3.63, 3.8) is 0 Å². The number of benzene rings is 1. The first kappa shape index (κ1) is 13.5. The maximum absolute atomic E-state index is 11.5. The van der Waals surface area contributed by atoms with Gasteiger partial charge in [-0.25, -0.2) is 4.79 Å². The van der Waals surface area contributed by atoms with E-state index in [1.807, 2.05) is 30.3 Å². The van der Waals surface area contributed by atoms with E-state index in [-0.39, 0.29) is 30.9 Å². The number of hydrogen-bond acceptors (Lipinski definition) is 4. The molecule has 0 atom stereocenters. The quantitative estimate of drug-likeness (QED) is 0.836. The fourth-order valence-electron chi connectivity index (χ4n) is 2.10. The lowest BCUT2D eigenvalue weighted by Crippen LogP contribution is -2.47. The molecule has 1 aromatic rings. The van der Waals surface area contributed by atoms with Crippen molar-refractivity contribution in [3.05, 3.63) is 35.9 Å². The number of carbonyl (C=O) groups excluding carboxylic acids is 2. The van der Waals surface area contributed by atoms with Crippen molar-refractivity contribution >= 4 is 11.9 Å². The first-order valence-electron chi connectivity index (χ1n) is 6.39. The second-order valence-corrected chi connectivity index (χ2v) is 4.74. The topological polar surface area (TPSA) is 81.4 Å². The highest BCUT2D eigenvalue weighted by Crippen LogP contribution is 2.27. The van der Waals surface area contributed by atoms with E-state index in [1.54, 1.807) is 0 Å². The summed E-state index contributed by atoms with van der Waals surface area (Å²) in [7, 11) is 0. The van der Waals surface area contributed by atoms with E-state index < -0.39 is 6.09 Å². The zero-order valence-corrected chi connectivity index (χ0v) is 10.7. The lowest BCUT2D eigenvalue weighted by Gasteiger charge is -2.34. The number of amides is 1. The minimum absolute atomic E-state index is 0.00410. The molecule has 0 radical (unpaired) electrons. The van der Waals surface area contributed by atoms with Crippen LogP contribution in [0.3, 0.4) is 0 Å². The van der Waals surface area contributed by atoms with Crippen LogP contribution in [0.5, 0.6) is 0 Å². The van der Waals surface area contributed by atoms with Crippen LogP contribution >= 0.6 is 0 Å². The number of hydrogen-bond donors (Lipinski definition) is 2. The summed E-state index contributed by atoms with van der Waals surface area (Å²) in [5.41, 5.74) is 6.23. The van der Waals surface area contributed by atoms with Gasteiger partial charge in [-0.15, -0.1) is 0 Å². The SMILES string of the molecule is NCC(=O)C1CC(NC(=O)OCc2ccccc2)C1. The molecule has 2 rings (SSSR count). The van der Waals surface area contributed by atoms with Crippen molar-refractivity contribution in [3.8, 4) is 0 Å². The van der Waals surface area contributed by atoms with Crippen LogP contribution in [0.1, 0.15) is 18.4 Å². The molecule has 1 aliphatic carbocycles. The smallest absolute Gasteiger partial charge is 0.407 e. The average Bonchev–Trinajstić information content (AvgIpc) is 2.40. The monoisotopic (exact) mass is 262 g/mol. The van der Waals surface area contributed by atoms with Crippen LogP contribution in [0.2, 0.25) is 0 Å². The van der Waals surface area contributed by atoms with E-state index in [9.17, 15) is 9.59 Å². The molecular formula is C14H18N2O3. The maximum atomic E-state index is 11.5. The number of nitrogens with two attached hydrogens (primary N) is 1. The summed E-state index contributed by atoms with van der Waals surface area (Å²) in [6.07, 6.45) is 0.889. The molecule has 0 saturated heterocycles. The molecule has 0 aliphatic heterocycles. The van der Waals surface area contributed by atoms with Crippen molar-refractivity contribution in [1.29, 1.82) is 0 Å². The predicted octanol–water partition coefficient (Wildman–Crippen LogP) is 1.22. The Hall–Kier alpha value is -1.88. The van der Waals surface area contributed by atoms with Gasteiger partial charge >= 0.3 is 6.09 Å². The van der Waals surface area contributed by atoms with E-state index in [1.165, 1.54) is 0 Å². The van der Waals surface area contributed by atoms with Crippen molar-refractivity contribution in [2.45, 2.75) is 25.5 Å². The first-order valence-corrected chi connectivity index (χ1v) is 6.39. The second kappa shape index (κ2) is 6.33. The van der Waals surface area contributed by atoms with Crippen LogP contribution in [0.4, 0.5) is 4.79 Å².